The van der Waals surface area contributed by atoms with Crippen molar-refractivity contribution in [1.29, 1.82) is 0 Å². The molecule has 12 heavy (non-hydrogen) atoms. The van der Waals surface area contributed by atoms with Gasteiger partial charge in [0.2, 0.25) is 0 Å². The summed E-state index contributed by atoms with van der Waals surface area (Å²) in [4.78, 5) is 17.5. The first-order chi connectivity index (χ1) is 5.69. The summed E-state index contributed by atoms with van der Waals surface area (Å²) in [6.07, 6.45) is 0.861. The standard InChI is InChI=1S/C8H12N2OS/c1-4-10(3)8-9-6(2)7(5-11)12-8/h5H,4H2,1-3H3. The van der Waals surface area contributed by atoms with Crippen molar-refractivity contribution >= 4 is 22.8 Å². The van der Waals surface area contributed by atoms with E-state index in [-0.39, 0.29) is 0 Å². The number of thiazole rings is 1. The Hall–Kier alpha value is -0.900. The zero-order valence-corrected chi connectivity index (χ0v) is 8.31. The second kappa shape index (κ2) is 3.67. The molecule has 0 aliphatic carbocycles. The summed E-state index contributed by atoms with van der Waals surface area (Å²) in [6, 6.07) is 0. The zero-order valence-electron chi connectivity index (χ0n) is 7.50. The van der Waals surface area contributed by atoms with Gasteiger partial charge in [0.25, 0.3) is 0 Å². The van der Waals surface area contributed by atoms with Gasteiger partial charge in [0.1, 0.15) is 0 Å². The van der Waals surface area contributed by atoms with Crippen LogP contribution in [0.25, 0.3) is 0 Å². The fraction of sp³-hybridized carbons (Fsp3) is 0.500. The molecule has 0 bridgehead atoms. The van der Waals surface area contributed by atoms with E-state index in [4.69, 9.17) is 0 Å². The van der Waals surface area contributed by atoms with Crippen molar-refractivity contribution in [3.05, 3.63) is 10.6 Å². The summed E-state index contributed by atoms with van der Waals surface area (Å²) in [7, 11) is 1.97. The lowest BCUT2D eigenvalue weighted by Gasteiger charge is -2.10. The molecule has 0 saturated carbocycles. The van der Waals surface area contributed by atoms with Gasteiger partial charge in [-0.1, -0.05) is 11.3 Å². The third-order valence-corrected chi connectivity index (χ3v) is 2.93. The molecule has 0 aromatic carbocycles. The van der Waals surface area contributed by atoms with E-state index < -0.39 is 0 Å². The van der Waals surface area contributed by atoms with Gasteiger partial charge in [-0.3, -0.25) is 4.79 Å². The van der Waals surface area contributed by atoms with Gasteiger partial charge < -0.3 is 4.90 Å². The third-order valence-electron chi connectivity index (χ3n) is 1.73. The van der Waals surface area contributed by atoms with Crippen LogP contribution in [0.1, 0.15) is 22.3 Å². The van der Waals surface area contributed by atoms with E-state index >= 15 is 0 Å². The SMILES string of the molecule is CCN(C)c1nc(C)c(C=O)s1. The van der Waals surface area contributed by atoms with Crippen LogP contribution in [0.2, 0.25) is 0 Å². The van der Waals surface area contributed by atoms with Crippen LogP contribution >= 0.6 is 11.3 Å². The van der Waals surface area contributed by atoms with Crippen LogP contribution in [0, 0.1) is 6.92 Å². The van der Waals surface area contributed by atoms with Gasteiger partial charge in [-0.25, -0.2) is 4.98 Å². The van der Waals surface area contributed by atoms with E-state index in [1.54, 1.807) is 0 Å². The van der Waals surface area contributed by atoms with Gasteiger partial charge in [0, 0.05) is 13.6 Å². The Bertz CT molecular complexity index is 283. The summed E-state index contributed by atoms with van der Waals surface area (Å²) in [6.45, 7) is 4.82. The third kappa shape index (κ3) is 1.64. The van der Waals surface area contributed by atoms with Gasteiger partial charge in [0.15, 0.2) is 11.4 Å². The van der Waals surface area contributed by atoms with Crippen molar-refractivity contribution in [2.24, 2.45) is 0 Å². The highest BCUT2D eigenvalue weighted by Gasteiger charge is 2.08. The number of carbonyl (C=O) groups excluding carboxylic acids is 1. The molecule has 1 aromatic heterocycles. The minimum Gasteiger partial charge on any atom is -0.351 e. The van der Waals surface area contributed by atoms with Crippen LogP contribution in [-0.2, 0) is 0 Å². The number of rotatable bonds is 3. The van der Waals surface area contributed by atoms with Crippen LogP contribution < -0.4 is 4.90 Å². The average molecular weight is 184 g/mol. The van der Waals surface area contributed by atoms with E-state index in [0.717, 1.165) is 28.5 Å². The summed E-state index contributed by atoms with van der Waals surface area (Å²) >= 11 is 1.44. The Balaban J connectivity index is 2.96. The molecule has 4 heteroatoms. The molecule has 0 radical (unpaired) electrons. The molecule has 0 spiro atoms. The van der Waals surface area contributed by atoms with E-state index in [1.807, 2.05) is 18.9 Å². The van der Waals surface area contributed by atoms with Crippen molar-refractivity contribution in [2.45, 2.75) is 13.8 Å². The van der Waals surface area contributed by atoms with Gasteiger partial charge in [-0.15, -0.1) is 0 Å². The van der Waals surface area contributed by atoms with Crippen LogP contribution in [-0.4, -0.2) is 24.9 Å². The molecular weight excluding hydrogens is 172 g/mol. The lowest BCUT2D eigenvalue weighted by molar-refractivity contribution is 0.112. The van der Waals surface area contributed by atoms with Crippen molar-refractivity contribution in [3.8, 4) is 0 Å². The van der Waals surface area contributed by atoms with Crippen LogP contribution in [0.4, 0.5) is 5.13 Å². The maximum Gasteiger partial charge on any atom is 0.185 e. The molecule has 3 nitrogen and oxygen atoms in total. The van der Waals surface area contributed by atoms with Crippen molar-refractivity contribution in [2.75, 3.05) is 18.5 Å². The molecule has 0 aliphatic heterocycles. The molecule has 0 unspecified atom stereocenters. The summed E-state index contributed by atoms with van der Waals surface area (Å²) in [5, 5.41) is 0.914. The molecule has 1 rings (SSSR count). The van der Waals surface area contributed by atoms with Gasteiger partial charge >= 0.3 is 0 Å². The highest BCUT2D eigenvalue weighted by atomic mass is 32.1. The molecule has 66 valence electrons. The Morgan fingerprint density at radius 2 is 2.33 bits per heavy atom. The lowest BCUT2D eigenvalue weighted by Crippen LogP contribution is -2.15. The van der Waals surface area contributed by atoms with Gasteiger partial charge in [-0.2, -0.15) is 0 Å². The number of nitrogens with zero attached hydrogens (tertiary/aromatic N) is 2. The monoisotopic (exact) mass is 184 g/mol. The number of anilines is 1. The summed E-state index contributed by atoms with van der Waals surface area (Å²) in [5.41, 5.74) is 0.824. The minimum absolute atomic E-state index is 0.727. The molecule has 0 atom stereocenters. The van der Waals surface area contributed by atoms with Gasteiger partial charge in [-0.05, 0) is 13.8 Å². The average Bonchev–Trinajstić information content (AvgIpc) is 2.45. The molecule has 0 N–H and O–H groups in total. The Labute approximate surface area is 76.0 Å². The first kappa shape index (κ1) is 9.19. The Kier molecular flexibility index (Phi) is 2.81. The molecule has 0 fully saturated rings. The van der Waals surface area contributed by atoms with E-state index in [1.165, 1.54) is 11.3 Å². The smallest absolute Gasteiger partial charge is 0.185 e. The zero-order chi connectivity index (χ0) is 9.14. The second-order valence-corrected chi connectivity index (χ2v) is 3.59. The number of hydrogen-bond donors (Lipinski definition) is 0. The van der Waals surface area contributed by atoms with Crippen LogP contribution in [0.15, 0.2) is 0 Å². The maximum atomic E-state index is 10.5. The second-order valence-electron chi connectivity index (χ2n) is 2.58. The molecule has 0 amide bonds. The lowest BCUT2D eigenvalue weighted by atomic mass is 10.4. The first-order valence-electron chi connectivity index (χ1n) is 3.82. The predicted molar refractivity (Wildman–Crippen MR) is 51.2 cm³/mol. The Morgan fingerprint density at radius 3 is 2.75 bits per heavy atom. The molecule has 1 heterocycles. The topological polar surface area (TPSA) is 33.2 Å². The summed E-state index contributed by atoms with van der Waals surface area (Å²) < 4.78 is 0. The van der Waals surface area contributed by atoms with Crippen molar-refractivity contribution < 1.29 is 4.79 Å². The number of aldehydes is 1. The first-order valence-corrected chi connectivity index (χ1v) is 4.64. The molecular formula is C8H12N2OS. The summed E-state index contributed by atoms with van der Waals surface area (Å²) in [5.74, 6) is 0. The molecule has 0 saturated heterocycles. The van der Waals surface area contributed by atoms with Gasteiger partial charge in [0.05, 0.1) is 10.6 Å². The van der Waals surface area contributed by atoms with Crippen molar-refractivity contribution in [3.63, 3.8) is 0 Å². The number of aryl methyl sites for hydroxylation is 1. The van der Waals surface area contributed by atoms with E-state index in [0.29, 0.717) is 0 Å². The highest BCUT2D eigenvalue weighted by Crippen LogP contribution is 2.23. The number of hydrogen-bond acceptors (Lipinski definition) is 4. The van der Waals surface area contributed by atoms with Crippen molar-refractivity contribution in [1.82, 2.24) is 4.98 Å². The Morgan fingerprint density at radius 1 is 1.67 bits per heavy atom. The quantitative estimate of drug-likeness (QED) is 0.671. The predicted octanol–water partition coefficient (Wildman–Crippen LogP) is 1.72. The largest absolute Gasteiger partial charge is 0.351 e. The van der Waals surface area contributed by atoms with Crippen LogP contribution in [0.5, 0.6) is 0 Å². The minimum atomic E-state index is 0.727. The number of aromatic nitrogens is 1. The fourth-order valence-corrected chi connectivity index (χ4v) is 1.71. The van der Waals surface area contributed by atoms with Crippen LogP contribution in [0.3, 0.4) is 0 Å². The highest BCUT2D eigenvalue weighted by molar-refractivity contribution is 7.17. The molecule has 0 aliphatic rings. The van der Waals surface area contributed by atoms with E-state index in [9.17, 15) is 4.79 Å². The normalized spacial score (nSPS) is 9.92. The van der Waals surface area contributed by atoms with E-state index in [2.05, 4.69) is 11.9 Å². The number of carbonyl (C=O) groups is 1. The molecule has 1 aromatic rings. The maximum absolute atomic E-state index is 10.5. The fourth-order valence-electron chi connectivity index (χ4n) is 0.801.